The highest BCUT2D eigenvalue weighted by molar-refractivity contribution is 7.13. The van der Waals surface area contributed by atoms with E-state index in [1.54, 1.807) is 0 Å². The van der Waals surface area contributed by atoms with Gasteiger partial charge in [-0.25, -0.2) is 4.98 Å². The van der Waals surface area contributed by atoms with Crippen LogP contribution in [-0.4, -0.2) is 4.98 Å². The van der Waals surface area contributed by atoms with Crippen molar-refractivity contribution in [3.05, 3.63) is 10.8 Å². The van der Waals surface area contributed by atoms with E-state index in [4.69, 9.17) is 5.73 Å². The number of rotatable bonds is 4. The molecule has 0 unspecified atom stereocenters. The smallest absolute Gasteiger partial charge is 0.201 e. The van der Waals surface area contributed by atoms with Gasteiger partial charge in [-0.2, -0.15) is 4.39 Å². The van der Waals surface area contributed by atoms with Gasteiger partial charge in [0, 0.05) is 0 Å². The standard InChI is InChI=1S/C8H13FN2S/c1-2-3-4-5-6-7(9)12-8(10)11-6/h2-5H2,1H3,(H2,10,11). The zero-order valence-corrected chi connectivity index (χ0v) is 7.96. The van der Waals surface area contributed by atoms with Crippen LogP contribution in [0.1, 0.15) is 31.9 Å². The molecule has 0 atom stereocenters. The Hall–Kier alpha value is -0.640. The third-order valence-corrected chi connectivity index (χ3v) is 2.40. The molecule has 0 fully saturated rings. The van der Waals surface area contributed by atoms with E-state index in [0.29, 0.717) is 17.2 Å². The highest BCUT2D eigenvalue weighted by Crippen LogP contribution is 2.19. The summed E-state index contributed by atoms with van der Waals surface area (Å²) in [5, 5.41) is 0.114. The zero-order chi connectivity index (χ0) is 8.97. The molecule has 0 spiro atoms. The summed E-state index contributed by atoms with van der Waals surface area (Å²) in [5.41, 5.74) is 5.88. The first-order chi connectivity index (χ1) is 5.74. The molecule has 0 aliphatic heterocycles. The van der Waals surface area contributed by atoms with Crippen LogP contribution in [0.15, 0.2) is 0 Å². The highest BCUT2D eigenvalue weighted by Gasteiger charge is 2.07. The second kappa shape index (κ2) is 4.40. The van der Waals surface area contributed by atoms with E-state index >= 15 is 0 Å². The number of anilines is 1. The largest absolute Gasteiger partial charge is 0.375 e. The van der Waals surface area contributed by atoms with Gasteiger partial charge < -0.3 is 5.73 Å². The van der Waals surface area contributed by atoms with Crippen molar-refractivity contribution in [1.29, 1.82) is 0 Å². The summed E-state index contributed by atoms with van der Waals surface area (Å²) in [5.74, 6) is 0. The Labute approximate surface area is 75.6 Å². The number of unbranched alkanes of at least 4 members (excludes halogenated alkanes) is 2. The molecule has 1 rings (SSSR count). The molecule has 1 aromatic heterocycles. The fourth-order valence-electron chi connectivity index (χ4n) is 1.05. The molecule has 2 N–H and O–H groups in total. The lowest BCUT2D eigenvalue weighted by molar-refractivity contribution is 0.616. The average molecular weight is 188 g/mol. The van der Waals surface area contributed by atoms with Crippen LogP contribution in [0.3, 0.4) is 0 Å². The van der Waals surface area contributed by atoms with Crippen LogP contribution in [-0.2, 0) is 6.42 Å². The van der Waals surface area contributed by atoms with Crippen molar-refractivity contribution in [2.45, 2.75) is 32.6 Å². The number of hydrogen-bond acceptors (Lipinski definition) is 3. The molecule has 0 saturated heterocycles. The number of aromatic nitrogens is 1. The van der Waals surface area contributed by atoms with E-state index in [0.717, 1.165) is 30.6 Å². The second-order valence-electron chi connectivity index (χ2n) is 2.73. The van der Waals surface area contributed by atoms with E-state index in [1.165, 1.54) is 0 Å². The van der Waals surface area contributed by atoms with Crippen LogP contribution in [0.5, 0.6) is 0 Å². The van der Waals surface area contributed by atoms with Gasteiger partial charge in [-0.3, -0.25) is 0 Å². The molecule has 12 heavy (non-hydrogen) atoms. The molecule has 0 radical (unpaired) electrons. The van der Waals surface area contributed by atoms with Gasteiger partial charge in [-0.1, -0.05) is 31.1 Å². The monoisotopic (exact) mass is 188 g/mol. The average Bonchev–Trinajstić information content (AvgIpc) is 2.31. The Kier molecular flexibility index (Phi) is 3.47. The number of nitrogens with zero attached hydrogens (tertiary/aromatic N) is 1. The minimum Gasteiger partial charge on any atom is -0.375 e. The van der Waals surface area contributed by atoms with Crippen molar-refractivity contribution in [3.63, 3.8) is 0 Å². The molecule has 68 valence electrons. The highest BCUT2D eigenvalue weighted by atomic mass is 32.1. The summed E-state index contributed by atoms with van der Waals surface area (Å²) in [6.45, 7) is 2.12. The summed E-state index contributed by atoms with van der Waals surface area (Å²) in [6, 6.07) is 0. The van der Waals surface area contributed by atoms with E-state index in [-0.39, 0.29) is 5.13 Å². The number of thiazole rings is 1. The van der Waals surface area contributed by atoms with E-state index in [9.17, 15) is 4.39 Å². The van der Waals surface area contributed by atoms with Crippen LogP contribution in [0.2, 0.25) is 0 Å². The molecule has 0 saturated carbocycles. The van der Waals surface area contributed by atoms with E-state index in [1.807, 2.05) is 0 Å². The summed E-state index contributed by atoms with van der Waals surface area (Å²) in [4.78, 5) is 3.90. The minimum absolute atomic E-state index is 0.219. The second-order valence-corrected chi connectivity index (χ2v) is 3.71. The summed E-state index contributed by atoms with van der Waals surface area (Å²) < 4.78 is 12.9. The number of hydrogen-bond donors (Lipinski definition) is 1. The topological polar surface area (TPSA) is 38.9 Å². The van der Waals surface area contributed by atoms with E-state index < -0.39 is 0 Å². The normalized spacial score (nSPS) is 10.5. The lowest BCUT2D eigenvalue weighted by Gasteiger charge is -1.94. The molecule has 2 nitrogen and oxygen atoms in total. The van der Waals surface area contributed by atoms with Gasteiger partial charge in [0.15, 0.2) is 5.13 Å². The molecule has 1 aromatic rings. The molecule has 0 amide bonds. The van der Waals surface area contributed by atoms with Crippen LogP contribution < -0.4 is 5.73 Å². The van der Waals surface area contributed by atoms with Crippen molar-refractivity contribution in [2.75, 3.05) is 5.73 Å². The SMILES string of the molecule is CCCCCc1nc(N)sc1F. The van der Waals surface area contributed by atoms with Crippen molar-refractivity contribution >= 4 is 16.5 Å². The number of nitrogen functional groups attached to an aromatic ring is 1. The first kappa shape index (κ1) is 9.45. The van der Waals surface area contributed by atoms with Crippen LogP contribution in [0, 0.1) is 5.13 Å². The molecular weight excluding hydrogens is 175 g/mol. The van der Waals surface area contributed by atoms with Gasteiger partial charge in [0.25, 0.3) is 0 Å². The maximum absolute atomic E-state index is 12.9. The first-order valence-corrected chi connectivity index (χ1v) is 4.96. The predicted octanol–water partition coefficient (Wildman–Crippen LogP) is 2.60. The lowest BCUT2D eigenvalue weighted by Crippen LogP contribution is -1.89. The summed E-state index contributed by atoms with van der Waals surface area (Å²) in [6.07, 6.45) is 3.97. The fourth-order valence-corrected chi connectivity index (χ4v) is 1.65. The molecule has 0 aromatic carbocycles. The summed E-state index contributed by atoms with van der Waals surface area (Å²) in [7, 11) is 0. The van der Waals surface area contributed by atoms with Crippen LogP contribution >= 0.6 is 11.3 Å². The van der Waals surface area contributed by atoms with Gasteiger partial charge in [0.05, 0.1) is 5.69 Å². The molecule has 1 heterocycles. The van der Waals surface area contributed by atoms with E-state index in [2.05, 4.69) is 11.9 Å². The van der Waals surface area contributed by atoms with Crippen molar-refractivity contribution in [3.8, 4) is 0 Å². The van der Waals surface area contributed by atoms with Gasteiger partial charge >= 0.3 is 0 Å². The minimum atomic E-state index is -0.219. The maximum Gasteiger partial charge on any atom is 0.201 e. The molecule has 0 aliphatic rings. The first-order valence-electron chi connectivity index (χ1n) is 4.14. The zero-order valence-electron chi connectivity index (χ0n) is 7.14. The van der Waals surface area contributed by atoms with Gasteiger partial charge in [-0.15, -0.1) is 0 Å². The number of aryl methyl sites for hydroxylation is 1. The van der Waals surface area contributed by atoms with Gasteiger partial charge in [-0.05, 0) is 12.8 Å². The lowest BCUT2D eigenvalue weighted by atomic mass is 10.2. The van der Waals surface area contributed by atoms with Crippen molar-refractivity contribution in [1.82, 2.24) is 4.98 Å². The maximum atomic E-state index is 12.9. The number of halogens is 1. The summed E-state index contributed by atoms with van der Waals surface area (Å²) >= 11 is 0.927. The Balaban J connectivity index is 2.45. The van der Waals surface area contributed by atoms with Gasteiger partial charge in [0.2, 0.25) is 5.13 Å². The molecule has 0 aliphatic carbocycles. The van der Waals surface area contributed by atoms with Crippen LogP contribution in [0.25, 0.3) is 0 Å². The third-order valence-electron chi connectivity index (χ3n) is 1.68. The van der Waals surface area contributed by atoms with Crippen molar-refractivity contribution < 1.29 is 4.39 Å². The molecule has 4 heteroatoms. The quantitative estimate of drug-likeness (QED) is 0.738. The van der Waals surface area contributed by atoms with Crippen LogP contribution in [0.4, 0.5) is 9.52 Å². The number of nitrogens with two attached hydrogens (primary N) is 1. The molecule has 0 bridgehead atoms. The Bertz CT molecular complexity index is 247. The Morgan fingerprint density at radius 1 is 1.50 bits per heavy atom. The predicted molar refractivity (Wildman–Crippen MR) is 49.7 cm³/mol. The third kappa shape index (κ3) is 2.44. The molecular formula is C8H13FN2S. The van der Waals surface area contributed by atoms with Gasteiger partial charge in [0.1, 0.15) is 0 Å². The Morgan fingerprint density at radius 3 is 2.75 bits per heavy atom. The van der Waals surface area contributed by atoms with Crippen molar-refractivity contribution in [2.24, 2.45) is 0 Å². The Morgan fingerprint density at radius 2 is 2.25 bits per heavy atom. The fraction of sp³-hybridized carbons (Fsp3) is 0.625.